The molecule has 0 saturated carbocycles. The van der Waals surface area contributed by atoms with Crippen LogP contribution in [-0.2, 0) is 10.3 Å². The molecule has 0 radical (unpaired) electrons. The van der Waals surface area contributed by atoms with Crippen LogP contribution in [0.1, 0.15) is 46.5 Å². The summed E-state index contributed by atoms with van der Waals surface area (Å²) in [5.41, 5.74) is 5.20. The lowest BCUT2D eigenvalue weighted by Gasteiger charge is -2.39. The standard InChI is InChI=1S/C38H33N3O4/c1-4-40(5-2)28-20-21-31-34(24-28)44-33-23-22-32(25(3)35(33)38(31)30-19-13-12-18-29(30)36(42)45-38)41(27-16-10-7-11-17-27)37(43)39-26-14-8-6-9-15-26/h6-24H,4-5H2,1-3H3,(H,39,43). The van der Waals surface area contributed by atoms with Crippen molar-refractivity contribution < 1.29 is 19.1 Å². The van der Waals surface area contributed by atoms with E-state index in [0.717, 1.165) is 35.5 Å². The third-order valence-electron chi connectivity index (χ3n) is 8.70. The number of para-hydroxylation sites is 2. The summed E-state index contributed by atoms with van der Waals surface area (Å²) < 4.78 is 13.1. The van der Waals surface area contributed by atoms with Gasteiger partial charge in [-0.05, 0) is 80.9 Å². The number of nitrogens with one attached hydrogen (secondary N) is 1. The molecule has 0 aliphatic carbocycles. The van der Waals surface area contributed by atoms with Crippen molar-refractivity contribution in [1.82, 2.24) is 0 Å². The van der Waals surface area contributed by atoms with Crippen LogP contribution < -0.4 is 19.9 Å². The van der Waals surface area contributed by atoms with Crippen LogP contribution in [-0.4, -0.2) is 25.1 Å². The van der Waals surface area contributed by atoms with Crippen LogP contribution >= 0.6 is 0 Å². The molecular formula is C38H33N3O4. The first-order chi connectivity index (χ1) is 22.0. The average Bonchev–Trinajstić information content (AvgIpc) is 3.35. The van der Waals surface area contributed by atoms with E-state index in [9.17, 15) is 9.59 Å². The van der Waals surface area contributed by atoms with E-state index in [4.69, 9.17) is 9.47 Å². The fraction of sp³-hybridized carbons (Fsp3) is 0.158. The first-order valence-corrected chi connectivity index (χ1v) is 15.2. The molecule has 1 spiro atoms. The van der Waals surface area contributed by atoms with E-state index in [1.807, 2.05) is 110 Å². The van der Waals surface area contributed by atoms with Gasteiger partial charge in [0.25, 0.3) is 0 Å². The highest BCUT2D eigenvalue weighted by Crippen LogP contribution is 2.58. The number of hydrogen-bond acceptors (Lipinski definition) is 5. The van der Waals surface area contributed by atoms with Crippen LogP contribution in [0.3, 0.4) is 0 Å². The number of hydrogen-bond donors (Lipinski definition) is 1. The summed E-state index contributed by atoms with van der Waals surface area (Å²) in [4.78, 5) is 31.5. The molecule has 7 heteroatoms. The van der Waals surface area contributed by atoms with E-state index in [1.54, 1.807) is 11.0 Å². The second-order valence-corrected chi connectivity index (χ2v) is 11.1. The van der Waals surface area contributed by atoms with E-state index < -0.39 is 11.6 Å². The minimum absolute atomic E-state index is 0.325. The predicted molar refractivity (Wildman–Crippen MR) is 177 cm³/mol. The number of esters is 1. The van der Waals surface area contributed by atoms with Gasteiger partial charge in [0.2, 0.25) is 0 Å². The van der Waals surface area contributed by atoms with Crippen molar-refractivity contribution in [2.24, 2.45) is 0 Å². The maximum atomic E-state index is 14.0. The summed E-state index contributed by atoms with van der Waals surface area (Å²) in [6.45, 7) is 7.88. The van der Waals surface area contributed by atoms with Crippen LogP contribution in [0.5, 0.6) is 11.5 Å². The number of rotatable bonds is 6. The average molecular weight is 596 g/mol. The number of benzene rings is 5. The number of nitrogens with zero attached hydrogens (tertiary/aromatic N) is 2. The quantitative estimate of drug-likeness (QED) is 0.199. The minimum Gasteiger partial charge on any atom is -0.456 e. The molecule has 1 atom stereocenters. The monoisotopic (exact) mass is 595 g/mol. The smallest absolute Gasteiger partial charge is 0.340 e. The van der Waals surface area contributed by atoms with Gasteiger partial charge >= 0.3 is 12.0 Å². The number of urea groups is 1. The van der Waals surface area contributed by atoms with Crippen molar-refractivity contribution in [2.45, 2.75) is 26.4 Å². The molecule has 0 saturated heterocycles. The molecule has 224 valence electrons. The number of carbonyl (C=O) groups is 2. The van der Waals surface area contributed by atoms with E-state index in [0.29, 0.717) is 39.7 Å². The third-order valence-corrected chi connectivity index (χ3v) is 8.70. The Morgan fingerprint density at radius 3 is 2.18 bits per heavy atom. The zero-order valence-corrected chi connectivity index (χ0v) is 25.4. The Hall–Kier alpha value is -5.56. The number of anilines is 4. The number of amides is 2. The second-order valence-electron chi connectivity index (χ2n) is 11.1. The van der Waals surface area contributed by atoms with Gasteiger partial charge in [-0.2, -0.15) is 0 Å². The summed E-state index contributed by atoms with van der Waals surface area (Å²) >= 11 is 0. The lowest BCUT2D eigenvalue weighted by Crippen LogP contribution is -2.36. The zero-order valence-electron chi connectivity index (χ0n) is 25.4. The van der Waals surface area contributed by atoms with Gasteiger partial charge in [0.05, 0.1) is 22.5 Å². The Labute approximate surface area is 262 Å². The molecule has 0 aromatic heterocycles. The van der Waals surface area contributed by atoms with Gasteiger partial charge < -0.3 is 19.7 Å². The summed E-state index contributed by atoms with van der Waals surface area (Å²) in [5.74, 6) is 0.801. The van der Waals surface area contributed by atoms with Crippen LogP contribution in [0.4, 0.5) is 27.5 Å². The van der Waals surface area contributed by atoms with E-state index in [1.165, 1.54) is 0 Å². The lowest BCUT2D eigenvalue weighted by atomic mass is 9.75. The van der Waals surface area contributed by atoms with Crippen LogP contribution in [0.2, 0.25) is 0 Å². The van der Waals surface area contributed by atoms with E-state index in [-0.39, 0.29) is 6.03 Å². The van der Waals surface area contributed by atoms with E-state index in [2.05, 4.69) is 30.1 Å². The predicted octanol–water partition coefficient (Wildman–Crippen LogP) is 8.78. The molecule has 1 unspecified atom stereocenters. The molecule has 45 heavy (non-hydrogen) atoms. The van der Waals surface area contributed by atoms with Gasteiger partial charge in [-0.25, -0.2) is 9.59 Å². The maximum absolute atomic E-state index is 14.0. The molecule has 5 aromatic rings. The van der Waals surface area contributed by atoms with Crippen LogP contribution in [0.25, 0.3) is 0 Å². The van der Waals surface area contributed by atoms with Crippen molar-refractivity contribution >= 4 is 34.7 Å². The molecule has 2 aliphatic rings. The highest BCUT2D eigenvalue weighted by Gasteiger charge is 2.54. The minimum atomic E-state index is -1.27. The molecule has 1 N–H and O–H groups in total. The lowest BCUT2D eigenvalue weighted by molar-refractivity contribution is 0.0222. The van der Waals surface area contributed by atoms with Gasteiger partial charge in [-0.15, -0.1) is 0 Å². The molecular weight excluding hydrogens is 562 g/mol. The fourth-order valence-corrected chi connectivity index (χ4v) is 6.61. The van der Waals surface area contributed by atoms with Gasteiger partial charge in [-0.3, -0.25) is 4.90 Å². The van der Waals surface area contributed by atoms with Gasteiger partial charge in [0, 0.05) is 41.7 Å². The molecule has 2 heterocycles. The first-order valence-electron chi connectivity index (χ1n) is 15.2. The maximum Gasteiger partial charge on any atom is 0.340 e. The largest absolute Gasteiger partial charge is 0.456 e. The molecule has 7 nitrogen and oxygen atoms in total. The summed E-state index contributed by atoms with van der Waals surface area (Å²) in [6.07, 6.45) is 0. The van der Waals surface area contributed by atoms with E-state index >= 15 is 0 Å². The molecule has 2 aliphatic heterocycles. The highest BCUT2D eigenvalue weighted by molar-refractivity contribution is 6.08. The summed E-state index contributed by atoms with van der Waals surface area (Å²) in [7, 11) is 0. The Bertz CT molecular complexity index is 1920. The Kier molecular flexibility index (Phi) is 7.01. The highest BCUT2D eigenvalue weighted by atomic mass is 16.6. The van der Waals surface area contributed by atoms with Crippen molar-refractivity contribution in [3.05, 3.63) is 143 Å². The molecule has 0 bridgehead atoms. The van der Waals surface area contributed by atoms with Gasteiger partial charge in [0.15, 0.2) is 5.60 Å². The number of carbonyl (C=O) groups excluding carboxylic acids is 2. The Morgan fingerprint density at radius 1 is 0.756 bits per heavy atom. The van der Waals surface area contributed by atoms with Crippen molar-refractivity contribution in [1.29, 1.82) is 0 Å². The Balaban J connectivity index is 1.45. The number of fused-ring (bicyclic) bond motifs is 6. The van der Waals surface area contributed by atoms with Crippen molar-refractivity contribution in [3.8, 4) is 11.5 Å². The first kappa shape index (κ1) is 28.2. The zero-order chi connectivity index (χ0) is 31.1. The molecule has 7 rings (SSSR count). The van der Waals surface area contributed by atoms with Gasteiger partial charge in [-0.1, -0.05) is 54.6 Å². The normalized spacial score (nSPS) is 15.8. The van der Waals surface area contributed by atoms with Crippen LogP contribution in [0, 0.1) is 6.92 Å². The van der Waals surface area contributed by atoms with Crippen LogP contribution in [0.15, 0.2) is 115 Å². The topological polar surface area (TPSA) is 71.1 Å². The molecule has 5 aromatic carbocycles. The van der Waals surface area contributed by atoms with Gasteiger partial charge in [0.1, 0.15) is 11.5 Å². The third kappa shape index (κ3) is 4.51. The number of ether oxygens (including phenoxy) is 2. The van der Waals surface area contributed by atoms with Crippen molar-refractivity contribution in [2.75, 3.05) is 28.2 Å². The molecule has 2 amide bonds. The molecule has 0 fully saturated rings. The fourth-order valence-electron chi connectivity index (χ4n) is 6.61. The Morgan fingerprint density at radius 2 is 1.44 bits per heavy atom. The summed E-state index contributed by atoms with van der Waals surface area (Å²) in [5, 5.41) is 3.04. The van der Waals surface area contributed by atoms with Crippen molar-refractivity contribution in [3.63, 3.8) is 0 Å². The summed E-state index contributed by atoms with van der Waals surface area (Å²) in [6, 6.07) is 35.9. The SMILES string of the molecule is CCN(CC)c1ccc2c(c1)Oc1ccc(N(C(=O)Nc3ccccc3)c3ccccc3)c(C)c1C21OC(=O)c2ccccc21. The second kappa shape index (κ2) is 11.2.